The monoisotopic (exact) mass is 395 g/mol. The van der Waals surface area contributed by atoms with Crippen molar-refractivity contribution >= 4 is 22.5 Å². The Morgan fingerprint density at radius 2 is 2.00 bits per heavy atom. The molecule has 4 rings (SSSR count). The molecule has 0 atom stereocenters. The summed E-state index contributed by atoms with van der Waals surface area (Å²) in [5, 5.41) is 4.09. The van der Waals surface area contributed by atoms with Gasteiger partial charge in [-0.05, 0) is 24.6 Å². The van der Waals surface area contributed by atoms with Crippen LogP contribution in [-0.2, 0) is 4.74 Å². The Bertz CT molecular complexity index is 932. The highest BCUT2D eigenvalue weighted by atomic mass is 16.5. The molecular weight excluding hydrogens is 370 g/mol. The molecule has 0 radical (unpaired) electrons. The molecular formula is C21H25N5O3. The zero-order chi connectivity index (χ0) is 19.9. The molecule has 0 unspecified atom stereocenters. The van der Waals surface area contributed by atoms with E-state index in [1.54, 1.807) is 13.3 Å². The Morgan fingerprint density at radius 3 is 2.79 bits per heavy atom. The number of nitrogens with one attached hydrogen (secondary N) is 1. The number of methoxy groups -OCH3 is 1. The van der Waals surface area contributed by atoms with Crippen LogP contribution in [0.1, 0.15) is 6.42 Å². The van der Waals surface area contributed by atoms with E-state index >= 15 is 0 Å². The van der Waals surface area contributed by atoms with Crippen LogP contribution < -0.4 is 14.8 Å². The molecule has 8 heteroatoms. The number of pyridine rings is 1. The zero-order valence-corrected chi connectivity index (χ0v) is 16.5. The minimum atomic E-state index is 0.607. The van der Waals surface area contributed by atoms with Gasteiger partial charge < -0.3 is 19.5 Å². The summed E-state index contributed by atoms with van der Waals surface area (Å²) in [7, 11) is 1.63. The fourth-order valence-electron chi connectivity index (χ4n) is 3.29. The number of fused-ring (bicyclic) bond motifs is 1. The van der Waals surface area contributed by atoms with Crippen LogP contribution in [0.4, 0.5) is 11.6 Å². The second-order valence-electron chi connectivity index (χ2n) is 6.74. The van der Waals surface area contributed by atoms with Crippen molar-refractivity contribution in [1.29, 1.82) is 0 Å². The lowest BCUT2D eigenvalue weighted by molar-refractivity contribution is 0.0357. The largest absolute Gasteiger partial charge is 0.493 e. The molecule has 0 aliphatic carbocycles. The van der Waals surface area contributed by atoms with E-state index in [-0.39, 0.29) is 0 Å². The minimum Gasteiger partial charge on any atom is -0.493 e. The number of hydrogen-bond acceptors (Lipinski definition) is 8. The van der Waals surface area contributed by atoms with Crippen LogP contribution in [0.3, 0.4) is 0 Å². The molecule has 1 aliphatic heterocycles. The van der Waals surface area contributed by atoms with Gasteiger partial charge in [0, 0.05) is 37.3 Å². The summed E-state index contributed by atoms with van der Waals surface area (Å²) in [6.45, 7) is 5.19. The number of anilines is 2. The maximum atomic E-state index is 6.05. The molecule has 0 spiro atoms. The fraction of sp³-hybridized carbons (Fsp3) is 0.381. The molecule has 2 aromatic heterocycles. The van der Waals surface area contributed by atoms with Crippen molar-refractivity contribution < 1.29 is 14.2 Å². The predicted octanol–water partition coefficient (Wildman–Crippen LogP) is 2.88. The highest BCUT2D eigenvalue weighted by molar-refractivity contribution is 5.92. The van der Waals surface area contributed by atoms with Crippen molar-refractivity contribution in [3.05, 3.63) is 42.9 Å². The summed E-state index contributed by atoms with van der Waals surface area (Å²) in [6, 6.07) is 9.48. The quantitative estimate of drug-likeness (QED) is 0.583. The Hall–Kier alpha value is -2.97. The van der Waals surface area contributed by atoms with Gasteiger partial charge in [-0.3, -0.25) is 4.90 Å². The SMILES string of the molecule is COc1cc2ncnc(Nc3ccccn3)c2cc1OCCCN1CCOCC1. The number of benzene rings is 1. The van der Waals surface area contributed by atoms with Gasteiger partial charge in [0.2, 0.25) is 0 Å². The summed E-state index contributed by atoms with van der Waals surface area (Å²) in [5.41, 5.74) is 0.774. The average Bonchev–Trinajstić information content (AvgIpc) is 2.78. The Labute approximate surface area is 169 Å². The van der Waals surface area contributed by atoms with Crippen molar-refractivity contribution in [2.45, 2.75) is 6.42 Å². The van der Waals surface area contributed by atoms with Gasteiger partial charge in [-0.15, -0.1) is 0 Å². The lowest BCUT2D eigenvalue weighted by Gasteiger charge is -2.26. The first kappa shape index (κ1) is 19.4. The van der Waals surface area contributed by atoms with Crippen LogP contribution in [0, 0.1) is 0 Å². The smallest absolute Gasteiger partial charge is 0.162 e. The van der Waals surface area contributed by atoms with Crippen LogP contribution in [0.5, 0.6) is 11.5 Å². The zero-order valence-electron chi connectivity index (χ0n) is 16.5. The van der Waals surface area contributed by atoms with Crippen LogP contribution in [0.2, 0.25) is 0 Å². The maximum absolute atomic E-state index is 6.05. The first-order chi connectivity index (χ1) is 14.3. The van der Waals surface area contributed by atoms with E-state index in [1.165, 1.54) is 6.33 Å². The molecule has 3 aromatic rings. The van der Waals surface area contributed by atoms with E-state index in [4.69, 9.17) is 14.2 Å². The Kier molecular flexibility index (Phi) is 6.33. The number of hydrogen-bond donors (Lipinski definition) is 1. The molecule has 1 aromatic carbocycles. The number of rotatable bonds is 8. The molecule has 0 bridgehead atoms. The van der Waals surface area contributed by atoms with Crippen molar-refractivity contribution in [1.82, 2.24) is 19.9 Å². The first-order valence-electron chi connectivity index (χ1n) is 9.77. The molecule has 3 heterocycles. The van der Waals surface area contributed by atoms with E-state index in [0.29, 0.717) is 23.9 Å². The second-order valence-corrected chi connectivity index (χ2v) is 6.74. The molecule has 152 valence electrons. The molecule has 1 N–H and O–H groups in total. The highest BCUT2D eigenvalue weighted by Crippen LogP contribution is 2.34. The molecule has 0 saturated carbocycles. The molecule has 8 nitrogen and oxygen atoms in total. The highest BCUT2D eigenvalue weighted by Gasteiger charge is 2.13. The predicted molar refractivity (Wildman–Crippen MR) is 111 cm³/mol. The lowest BCUT2D eigenvalue weighted by atomic mass is 10.2. The maximum Gasteiger partial charge on any atom is 0.162 e. The average molecular weight is 395 g/mol. The van der Waals surface area contributed by atoms with Crippen LogP contribution in [0.25, 0.3) is 10.9 Å². The van der Waals surface area contributed by atoms with Crippen molar-refractivity contribution in [3.63, 3.8) is 0 Å². The van der Waals surface area contributed by atoms with E-state index in [9.17, 15) is 0 Å². The number of ether oxygens (including phenoxy) is 3. The summed E-state index contributed by atoms with van der Waals surface area (Å²) in [4.78, 5) is 15.4. The van der Waals surface area contributed by atoms with Crippen LogP contribution in [0.15, 0.2) is 42.9 Å². The van der Waals surface area contributed by atoms with Crippen molar-refractivity contribution in [3.8, 4) is 11.5 Å². The second kappa shape index (κ2) is 9.49. The number of aromatic nitrogens is 3. The van der Waals surface area contributed by atoms with Gasteiger partial charge >= 0.3 is 0 Å². The molecule has 1 saturated heterocycles. The van der Waals surface area contributed by atoms with Crippen molar-refractivity contribution in [2.75, 3.05) is 51.9 Å². The normalized spacial score (nSPS) is 14.7. The van der Waals surface area contributed by atoms with Gasteiger partial charge in [0.15, 0.2) is 11.5 Å². The first-order valence-corrected chi connectivity index (χ1v) is 9.77. The third kappa shape index (κ3) is 4.90. The topological polar surface area (TPSA) is 81.6 Å². The van der Waals surface area contributed by atoms with Crippen molar-refractivity contribution in [2.24, 2.45) is 0 Å². The Balaban J connectivity index is 1.49. The van der Waals surface area contributed by atoms with Gasteiger partial charge in [0.25, 0.3) is 0 Å². The third-order valence-electron chi connectivity index (χ3n) is 4.81. The van der Waals surface area contributed by atoms with Gasteiger partial charge in [-0.2, -0.15) is 0 Å². The van der Waals surface area contributed by atoms with Crippen LogP contribution in [-0.4, -0.2) is 66.4 Å². The molecule has 1 fully saturated rings. The lowest BCUT2D eigenvalue weighted by Crippen LogP contribution is -2.37. The minimum absolute atomic E-state index is 0.607. The van der Waals surface area contributed by atoms with E-state index in [2.05, 4.69) is 25.2 Å². The Morgan fingerprint density at radius 1 is 1.10 bits per heavy atom. The summed E-state index contributed by atoms with van der Waals surface area (Å²) >= 11 is 0. The number of nitrogens with zero attached hydrogens (tertiary/aromatic N) is 4. The summed E-state index contributed by atoms with van der Waals surface area (Å²) in [6.07, 6.45) is 4.19. The molecule has 0 amide bonds. The summed E-state index contributed by atoms with van der Waals surface area (Å²) in [5.74, 6) is 2.73. The van der Waals surface area contributed by atoms with Gasteiger partial charge in [0.1, 0.15) is 18.0 Å². The standard InChI is InChI=1S/C21H25N5O3/c1-27-18-14-17-16(21(24-15-23-17)25-20-5-2-3-6-22-20)13-19(18)29-10-4-7-26-8-11-28-12-9-26/h2-3,5-6,13-15H,4,7-12H2,1H3,(H,22,23,24,25). The van der Waals surface area contributed by atoms with E-state index < -0.39 is 0 Å². The molecule has 29 heavy (non-hydrogen) atoms. The third-order valence-corrected chi connectivity index (χ3v) is 4.81. The number of morpholine rings is 1. The van der Waals surface area contributed by atoms with E-state index in [1.807, 2.05) is 30.3 Å². The summed E-state index contributed by atoms with van der Waals surface area (Å²) < 4.78 is 17.0. The van der Waals surface area contributed by atoms with Crippen LogP contribution >= 0.6 is 0 Å². The molecule has 1 aliphatic rings. The van der Waals surface area contributed by atoms with Gasteiger partial charge in [-0.1, -0.05) is 6.07 Å². The fourth-order valence-corrected chi connectivity index (χ4v) is 3.29. The van der Waals surface area contributed by atoms with Gasteiger partial charge in [0.05, 0.1) is 32.4 Å². The van der Waals surface area contributed by atoms with E-state index in [0.717, 1.165) is 56.0 Å². The van der Waals surface area contributed by atoms with Gasteiger partial charge in [-0.25, -0.2) is 15.0 Å².